The Kier molecular flexibility index (Phi) is 6.18. The first-order valence-corrected chi connectivity index (χ1v) is 10.8. The first kappa shape index (κ1) is 21.2. The van der Waals surface area contributed by atoms with E-state index in [2.05, 4.69) is 48.4 Å². The van der Waals surface area contributed by atoms with Gasteiger partial charge in [-0.3, -0.25) is 14.5 Å². The number of aromatic nitrogens is 3. The van der Waals surface area contributed by atoms with Crippen LogP contribution in [0.2, 0.25) is 0 Å². The van der Waals surface area contributed by atoms with Crippen molar-refractivity contribution in [2.24, 2.45) is 0 Å². The van der Waals surface area contributed by atoms with Crippen molar-refractivity contribution >= 4 is 5.91 Å². The van der Waals surface area contributed by atoms with Crippen molar-refractivity contribution in [1.82, 2.24) is 19.7 Å². The molecule has 162 valence electrons. The Morgan fingerprint density at radius 2 is 1.90 bits per heavy atom. The van der Waals surface area contributed by atoms with E-state index in [0.717, 1.165) is 29.2 Å². The summed E-state index contributed by atoms with van der Waals surface area (Å²) in [7, 11) is 0. The highest BCUT2D eigenvalue weighted by Crippen LogP contribution is 2.24. The zero-order valence-corrected chi connectivity index (χ0v) is 18.8. The third kappa shape index (κ3) is 5.02. The van der Waals surface area contributed by atoms with Gasteiger partial charge in [-0.1, -0.05) is 24.3 Å². The molecule has 0 saturated carbocycles. The third-order valence-electron chi connectivity index (χ3n) is 5.83. The third-order valence-corrected chi connectivity index (χ3v) is 5.83. The van der Waals surface area contributed by atoms with E-state index < -0.39 is 0 Å². The fraction of sp³-hybridized carbons (Fsp3) is 0.400. The summed E-state index contributed by atoms with van der Waals surface area (Å²) in [5.41, 5.74) is 7.60. The molecule has 0 radical (unpaired) electrons. The van der Waals surface area contributed by atoms with Crippen LogP contribution in [0.25, 0.3) is 0 Å². The molecule has 1 aliphatic rings. The summed E-state index contributed by atoms with van der Waals surface area (Å²) in [6.07, 6.45) is 0.643. The molecule has 1 amide bonds. The zero-order chi connectivity index (χ0) is 22.0. The zero-order valence-electron chi connectivity index (χ0n) is 18.8. The summed E-state index contributed by atoms with van der Waals surface area (Å²) in [5, 5.41) is 4.42. The molecule has 31 heavy (non-hydrogen) atoms. The van der Waals surface area contributed by atoms with Gasteiger partial charge in [0.25, 0.3) is 0 Å². The average Bonchev–Trinajstić information content (AvgIpc) is 3.06. The number of ether oxygens (including phenoxy) is 1. The fourth-order valence-electron chi connectivity index (χ4n) is 4.18. The lowest BCUT2D eigenvalue weighted by molar-refractivity contribution is -0.140. The summed E-state index contributed by atoms with van der Waals surface area (Å²) in [4.78, 5) is 19.5. The summed E-state index contributed by atoms with van der Waals surface area (Å²) in [5.74, 6) is 0.0623. The number of carbonyl (C=O) groups excluding carboxylic acids is 1. The molecule has 0 unspecified atom stereocenters. The van der Waals surface area contributed by atoms with Crippen LogP contribution in [-0.4, -0.2) is 45.3 Å². The first-order valence-electron chi connectivity index (χ1n) is 10.8. The van der Waals surface area contributed by atoms with Crippen LogP contribution < -0.4 is 0 Å². The second-order valence-electron chi connectivity index (χ2n) is 8.43. The van der Waals surface area contributed by atoms with E-state index in [4.69, 9.17) is 9.72 Å². The van der Waals surface area contributed by atoms with Gasteiger partial charge in [-0.25, -0.2) is 0 Å². The van der Waals surface area contributed by atoms with E-state index in [-0.39, 0.29) is 18.6 Å². The summed E-state index contributed by atoms with van der Waals surface area (Å²) in [6, 6.07) is 14.7. The van der Waals surface area contributed by atoms with Crippen LogP contribution >= 0.6 is 0 Å². The van der Waals surface area contributed by atoms with E-state index in [9.17, 15) is 4.79 Å². The molecular formula is C25H30N4O2. The average molecular weight is 419 g/mol. The highest BCUT2D eigenvalue weighted by atomic mass is 16.5. The Hall–Kier alpha value is -2.99. The second kappa shape index (κ2) is 9.02. The van der Waals surface area contributed by atoms with Crippen LogP contribution in [0, 0.1) is 27.7 Å². The van der Waals surface area contributed by atoms with E-state index in [0.29, 0.717) is 19.7 Å². The molecule has 1 fully saturated rings. The van der Waals surface area contributed by atoms with Crippen molar-refractivity contribution in [3.8, 4) is 0 Å². The van der Waals surface area contributed by atoms with Gasteiger partial charge in [-0.05, 0) is 69.0 Å². The van der Waals surface area contributed by atoms with Crippen molar-refractivity contribution in [3.63, 3.8) is 0 Å². The number of hydrogen-bond acceptors (Lipinski definition) is 4. The van der Waals surface area contributed by atoms with Crippen LogP contribution in [0.4, 0.5) is 0 Å². The molecule has 0 bridgehead atoms. The second-order valence-corrected chi connectivity index (χ2v) is 8.43. The molecule has 1 saturated heterocycles. The Bertz CT molecular complexity index is 1090. The fourth-order valence-corrected chi connectivity index (χ4v) is 4.18. The number of amides is 1. The molecule has 0 N–H and O–H groups in total. The van der Waals surface area contributed by atoms with Crippen molar-refractivity contribution in [2.75, 3.05) is 19.7 Å². The molecule has 3 aromatic rings. The number of rotatable bonds is 5. The minimum atomic E-state index is -0.214. The van der Waals surface area contributed by atoms with Gasteiger partial charge in [0.2, 0.25) is 5.91 Å². The van der Waals surface area contributed by atoms with E-state index in [1.807, 2.05) is 31.7 Å². The quantitative estimate of drug-likeness (QED) is 0.634. The molecule has 4 rings (SSSR count). The van der Waals surface area contributed by atoms with Gasteiger partial charge < -0.3 is 9.64 Å². The van der Waals surface area contributed by atoms with E-state index >= 15 is 0 Å². The molecule has 6 heteroatoms. The van der Waals surface area contributed by atoms with Gasteiger partial charge >= 0.3 is 0 Å². The summed E-state index contributed by atoms with van der Waals surface area (Å²) < 4.78 is 7.80. The van der Waals surface area contributed by atoms with Crippen molar-refractivity contribution < 1.29 is 9.53 Å². The molecular weight excluding hydrogens is 388 g/mol. The Morgan fingerprint density at radius 3 is 2.65 bits per heavy atom. The number of morpholine rings is 1. The highest BCUT2D eigenvalue weighted by molar-refractivity contribution is 5.76. The molecule has 0 aliphatic carbocycles. The monoisotopic (exact) mass is 418 g/mol. The summed E-state index contributed by atoms with van der Waals surface area (Å²) >= 11 is 0. The molecule has 3 heterocycles. The number of pyridine rings is 1. The first-order chi connectivity index (χ1) is 14.9. The molecule has 1 aromatic carbocycles. The topological polar surface area (TPSA) is 60.2 Å². The Balaban J connectivity index is 1.49. The van der Waals surface area contributed by atoms with Gasteiger partial charge in [-0.15, -0.1) is 0 Å². The predicted octanol–water partition coefficient (Wildman–Crippen LogP) is 3.70. The Labute approximate surface area is 183 Å². The van der Waals surface area contributed by atoms with Crippen molar-refractivity contribution in [2.45, 2.75) is 46.8 Å². The number of nitrogens with zero attached hydrogens (tertiary/aromatic N) is 4. The number of aryl methyl sites for hydroxylation is 4. The minimum Gasteiger partial charge on any atom is -0.368 e. The van der Waals surface area contributed by atoms with Crippen LogP contribution in [0.3, 0.4) is 0 Å². The molecule has 6 nitrogen and oxygen atoms in total. The standard InChI is InChI=1S/C25H30N4O2/c1-17-7-5-6-8-22(17)13-21-12-18(2)26-23(14-21)24-15-28(9-10-31-24)25(30)16-29-20(4)11-19(3)27-29/h5-8,11-12,14,24H,9-10,13,15-16H2,1-4H3/t24-/m1/s1. The number of carbonyl (C=O) groups is 1. The summed E-state index contributed by atoms with van der Waals surface area (Å²) in [6.45, 7) is 9.94. The SMILES string of the molecule is Cc1cc(Cc2ccccc2C)cc([C@H]2CN(C(=O)Cn3nc(C)cc3C)CCO2)n1. The molecule has 2 aromatic heterocycles. The maximum absolute atomic E-state index is 12.9. The predicted molar refractivity (Wildman–Crippen MR) is 120 cm³/mol. The Morgan fingerprint density at radius 1 is 1.10 bits per heavy atom. The molecule has 1 atom stereocenters. The van der Waals surface area contributed by atoms with Gasteiger partial charge in [-0.2, -0.15) is 5.10 Å². The number of benzene rings is 1. The molecule has 0 spiro atoms. The van der Waals surface area contributed by atoms with Crippen LogP contribution in [0.15, 0.2) is 42.5 Å². The van der Waals surface area contributed by atoms with Gasteiger partial charge in [0.1, 0.15) is 12.6 Å². The highest BCUT2D eigenvalue weighted by Gasteiger charge is 2.27. The normalized spacial score (nSPS) is 16.5. The van der Waals surface area contributed by atoms with Gasteiger partial charge in [0.15, 0.2) is 0 Å². The van der Waals surface area contributed by atoms with E-state index in [1.165, 1.54) is 16.7 Å². The maximum atomic E-state index is 12.9. The van der Waals surface area contributed by atoms with Crippen molar-refractivity contribution in [3.05, 3.63) is 81.9 Å². The van der Waals surface area contributed by atoms with Crippen LogP contribution in [0.5, 0.6) is 0 Å². The maximum Gasteiger partial charge on any atom is 0.244 e. The number of hydrogen-bond donors (Lipinski definition) is 0. The molecule has 1 aliphatic heterocycles. The lowest BCUT2D eigenvalue weighted by Crippen LogP contribution is -2.44. The van der Waals surface area contributed by atoms with E-state index in [1.54, 1.807) is 4.68 Å². The van der Waals surface area contributed by atoms with Crippen LogP contribution in [-0.2, 0) is 22.5 Å². The lowest BCUT2D eigenvalue weighted by atomic mass is 9.99. The largest absolute Gasteiger partial charge is 0.368 e. The van der Waals surface area contributed by atoms with Crippen molar-refractivity contribution in [1.29, 1.82) is 0 Å². The van der Waals surface area contributed by atoms with Gasteiger partial charge in [0.05, 0.1) is 24.5 Å². The lowest BCUT2D eigenvalue weighted by Gasteiger charge is -2.33. The smallest absolute Gasteiger partial charge is 0.244 e. The van der Waals surface area contributed by atoms with Gasteiger partial charge in [0, 0.05) is 17.9 Å². The van der Waals surface area contributed by atoms with Crippen LogP contribution in [0.1, 0.15) is 45.6 Å². The minimum absolute atomic E-state index is 0.0623.